The zero-order valence-corrected chi connectivity index (χ0v) is 15.2. The van der Waals surface area contributed by atoms with Gasteiger partial charge in [0.15, 0.2) is 0 Å². The van der Waals surface area contributed by atoms with Crippen LogP contribution >= 0.6 is 0 Å². The highest BCUT2D eigenvalue weighted by Gasteiger charge is 2.24. The number of nitrogens with one attached hydrogen (secondary N) is 1. The van der Waals surface area contributed by atoms with Crippen LogP contribution in [0.3, 0.4) is 0 Å². The number of aromatic amines is 1. The fourth-order valence-electron chi connectivity index (χ4n) is 4.08. The zero-order chi connectivity index (χ0) is 18.8. The minimum atomic E-state index is -0.285. The zero-order valence-electron chi connectivity index (χ0n) is 15.2. The molecule has 0 aliphatic carbocycles. The summed E-state index contributed by atoms with van der Waals surface area (Å²) in [6.07, 6.45) is 5.22. The Morgan fingerprint density at radius 3 is 2.74 bits per heavy atom. The van der Waals surface area contributed by atoms with E-state index in [2.05, 4.69) is 9.88 Å². The smallest absolute Gasteiger partial charge is 0.219 e. The van der Waals surface area contributed by atoms with Crippen molar-refractivity contribution >= 4 is 16.8 Å². The van der Waals surface area contributed by atoms with Gasteiger partial charge < -0.3 is 10.7 Å². The summed E-state index contributed by atoms with van der Waals surface area (Å²) in [5.41, 5.74) is 8.98. The summed E-state index contributed by atoms with van der Waals surface area (Å²) in [6, 6.07) is 13.2. The molecule has 4 rings (SSSR count). The highest BCUT2D eigenvalue weighted by molar-refractivity contribution is 5.85. The van der Waals surface area contributed by atoms with Crippen LogP contribution in [0.1, 0.15) is 24.8 Å². The Kier molecular flexibility index (Phi) is 4.94. The van der Waals surface area contributed by atoms with Crippen LogP contribution in [0.4, 0.5) is 4.39 Å². The number of rotatable bonds is 6. The first-order valence-corrected chi connectivity index (χ1v) is 9.48. The van der Waals surface area contributed by atoms with E-state index in [9.17, 15) is 9.18 Å². The molecule has 2 aromatic carbocycles. The second kappa shape index (κ2) is 7.53. The molecular formula is C22H24FN3O. The van der Waals surface area contributed by atoms with Gasteiger partial charge in [-0.3, -0.25) is 9.69 Å². The van der Waals surface area contributed by atoms with Crippen molar-refractivity contribution in [3.63, 3.8) is 0 Å². The lowest BCUT2D eigenvalue weighted by molar-refractivity contribution is -0.119. The molecule has 3 aromatic rings. The Morgan fingerprint density at radius 2 is 1.96 bits per heavy atom. The molecule has 0 bridgehead atoms. The van der Waals surface area contributed by atoms with Crippen molar-refractivity contribution in [1.29, 1.82) is 0 Å². The maximum Gasteiger partial charge on any atom is 0.219 e. The van der Waals surface area contributed by atoms with Gasteiger partial charge >= 0.3 is 0 Å². The van der Waals surface area contributed by atoms with E-state index < -0.39 is 0 Å². The average Bonchev–Trinajstić information content (AvgIpc) is 3.33. The predicted octanol–water partition coefficient (Wildman–Crippen LogP) is 3.86. The van der Waals surface area contributed by atoms with Gasteiger partial charge in [-0.25, -0.2) is 4.39 Å². The molecule has 0 spiro atoms. The number of nitrogens with two attached hydrogens (primary N) is 1. The molecule has 0 radical (unpaired) electrons. The third kappa shape index (κ3) is 3.88. The molecule has 1 aliphatic heterocycles. The third-order valence-electron chi connectivity index (χ3n) is 5.46. The molecule has 5 heteroatoms. The van der Waals surface area contributed by atoms with Crippen molar-refractivity contribution < 1.29 is 9.18 Å². The molecule has 2 heterocycles. The number of carbonyl (C=O) groups is 1. The number of aromatic nitrogens is 1. The quantitative estimate of drug-likeness (QED) is 0.697. The molecule has 1 amide bonds. The van der Waals surface area contributed by atoms with E-state index in [4.69, 9.17) is 5.73 Å². The number of hydrogen-bond acceptors (Lipinski definition) is 2. The molecule has 3 N–H and O–H groups in total. The summed E-state index contributed by atoms with van der Waals surface area (Å²) >= 11 is 0. The number of nitrogens with zero attached hydrogens (tertiary/aromatic N) is 1. The maximum absolute atomic E-state index is 14.5. The number of H-pyrrole nitrogens is 1. The van der Waals surface area contributed by atoms with Crippen molar-refractivity contribution in [1.82, 2.24) is 9.88 Å². The van der Waals surface area contributed by atoms with Gasteiger partial charge in [0, 0.05) is 29.7 Å². The average molecular weight is 365 g/mol. The summed E-state index contributed by atoms with van der Waals surface area (Å²) in [6.45, 7) is 1.99. The van der Waals surface area contributed by atoms with Gasteiger partial charge in [-0.2, -0.15) is 0 Å². The molecule has 1 unspecified atom stereocenters. The Labute approximate surface area is 158 Å². The molecular weight excluding hydrogens is 341 g/mol. The molecule has 1 fully saturated rings. The lowest BCUT2D eigenvalue weighted by Crippen LogP contribution is -2.37. The van der Waals surface area contributed by atoms with E-state index in [1.165, 1.54) is 6.07 Å². The van der Waals surface area contributed by atoms with Crippen molar-refractivity contribution in [2.75, 3.05) is 13.1 Å². The minimum absolute atomic E-state index is 0.0791. The van der Waals surface area contributed by atoms with E-state index >= 15 is 0 Å². The van der Waals surface area contributed by atoms with E-state index in [0.29, 0.717) is 18.4 Å². The number of carbonyl (C=O) groups excluding carboxylic acids is 1. The van der Waals surface area contributed by atoms with E-state index in [1.54, 1.807) is 0 Å². The highest BCUT2D eigenvalue weighted by atomic mass is 19.1. The topological polar surface area (TPSA) is 62.1 Å². The normalized spacial score (nSPS) is 16.0. The van der Waals surface area contributed by atoms with Crippen LogP contribution in [-0.4, -0.2) is 34.9 Å². The highest BCUT2D eigenvalue weighted by Crippen LogP contribution is 2.28. The Bertz CT molecular complexity index is 959. The lowest BCUT2D eigenvalue weighted by atomic mass is 9.96. The SMILES string of the molecule is NC(=O)CC(Cc1ccc(F)c(-c2ccc3[nH]ccc3c2)c1)N1CCCC1. The summed E-state index contributed by atoms with van der Waals surface area (Å²) in [4.78, 5) is 17.0. The van der Waals surface area contributed by atoms with Crippen LogP contribution in [0.25, 0.3) is 22.0 Å². The van der Waals surface area contributed by atoms with Crippen LogP contribution in [0.2, 0.25) is 0 Å². The Morgan fingerprint density at radius 1 is 1.15 bits per heavy atom. The first-order valence-electron chi connectivity index (χ1n) is 9.48. The van der Waals surface area contributed by atoms with E-state index in [1.807, 2.05) is 42.6 Å². The van der Waals surface area contributed by atoms with Crippen molar-refractivity contribution in [3.8, 4) is 11.1 Å². The summed E-state index contributed by atoms with van der Waals surface area (Å²) in [5, 5.41) is 1.06. The molecule has 1 aromatic heterocycles. The molecule has 27 heavy (non-hydrogen) atoms. The Hall–Kier alpha value is -2.66. The van der Waals surface area contributed by atoms with Gasteiger partial charge in [0.05, 0.1) is 0 Å². The molecule has 1 saturated heterocycles. The van der Waals surface area contributed by atoms with E-state index in [0.717, 1.165) is 48.0 Å². The van der Waals surface area contributed by atoms with Crippen LogP contribution in [0.15, 0.2) is 48.7 Å². The van der Waals surface area contributed by atoms with Crippen LogP contribution in [0, 0.1) is 5.82 Å². The monoisotopic (exact) mass is 365 g/mol. The van der Waals surface area contributed by atoms with Crippen molar-refractivity contribution in [3.05, 3.63) is 60.0 Å². The standard InChI is InChI=1S/C22H24FN3O/c23-20-5-3-15(11-18(14-22(24)27)26-9-1-2-10-26)12-19(20)16-4-6-21-17(13-16)7-8-25-21/h3-8,12-13,18,25H,1-2,9-11,14H2,(H2,24,27). The van der Waals surface area contributed by atoms with Gasteiger partial charge in [0.25, 0.3) is 0 Å². The number of hydrogen-bond donors (Lipinski definition) is 2. The second-order valence-corrected chi connectivity index (χ2v) is 7.37. The second-order valence-electron chi connectivity index (χ2n) is 7.37. The summed E-state index contributed by atoms with van der Waals surface area (Å²) in [7, 11) is 0. The van der Waals surface area contributed by atoms with Gasteiger partial charge in [0.1, 0.15) is 5.82 Å². The van der Waals surface area contributed by atoms with Crippen LogP contribution < -0.4 is 5.73 Å². The molecule has 4 nitrogen and oxygen atoms in total. The largest absolute Gasteiger partial charge is 0.370 e. The number of halogens is 1. The van der Waals surface area contributed by atoms with Crippen molar-refractivity contribution in [2.24, 2.45) is 5.73 Å². The molecule has 0 saturated carbocycles. The van der Waals surface area contributed by atoms with Gasteiger partial charge in [-0.1, -0.05) is 12.1 Å². The Balaban J connectivity index is 1.63. The summed E-state index contributed by atoms with van der Waals surface area (Å²) in [5.74, 6) is -0.520. The number of benzene rings is 2. The lowest BCUT2D eigenvalue weighted by Gasteiger charge is -2.26. The number of fused-ring (bicyclic) bond motifs is 1. The van der Waals surface area contributed by atoms with Gasteiger partial charge in [-0.15, -0.1) is 0 Å². The van der Waals surface area contributed by atoms with E-state index in [-0.39, 0.29) is 17.8 Å². The first-order chi connectivity index (χ1) is 13.1. The maximum atomic E-state index is 14.5. The van der Waals surface area contributed by atoms with Gasteiger partial charge in [-0.05, 0) is 79.2 Å². The number of likely N-dealkylation sites (tertiary alicyclic amines) is 1. The van der Waals surface area contributed by atoms with Crippen LogP contribution in [0.5, 0.6) is 0 Å². The number of primary amides is 1. The predicted molar refractivity (Wildman–Crippen MR) is 106 cm³/mol. The first kappa shape index (κ1) is 17.7. The van der Waals surface area contributed by atoms with Gasteiger partial charge in [0.2, 0.25) is 5.91 Å². The summed E-state index contributed by atoms with van der Waals surface area (Å²) < 4.78 is 14.5. The molecule has 1 aliphatic rings. The fraction of sp³-hybridized carbons (Fsp3) is 0.318. The third-order valence-corrected chi connectivity index (χ3v) is 5.46. The number of amides is 1. The molecule has 1 atom stereocenters. The molecule has 140 valence electrons. The fourth-order valence-corrected chi connectivity index (χ4v) is 4.08. The minimum Gasteiger partial charge on any atom is -0.370 e. The van der Waals surface area contributed by atoms with Crippen LogP contribution in [-0.2, 0) is 11.2 Å². The van der Waals surface area contributed by atoms with Crippen molar-refractivity contribution in [2.45, 2.75) is 31.7 Å².